The van der Waals surface area contributed by atoms with E-state index in [1.165, 1.54) is 12.4 Å². The lowest BCUT2D eigenvalue weighted by atomic mass is 10.1. The summed E-state index contributed by atoms with van der Waals surface area (Å²) in [4.78, 5) is 7.75. The quantitative estimate of drug-likeness (QED) is 0.709. The van der Waals surface area contributed by atoms with E-state index >= 15 is 0 Å². The number of aromatic nitrogens is 2. The highest BCUT2D eigenvalue weighted by molar-refractivity contribution is 9.10. The van der Waals surface area contributed by atoms with E-state index < -0.39 is 12.2 Å². The van der Waals surface area contributed by atoms with Crippen LogP contribution in [-0.4, -0.2) is 32.8 Å². The van der Waals surface area contributed by atoms with Crippen molar-refractivity contribution < 1.29 is 10.2 Å². The van der Waals surface area contributed by atoms with Gasteiger partial charge in [0.05, 0.1) is 10.6 Å². The molecule has 1 heterocycles. The Morgan fingerprint density at radius 3 is 2.43 bits per heavy atom. The van der Waals surface area contributed by atoms with Gasteiger partial charge in [-0.15, -0.1) is 0 Å². The second-order valence-corrected chi connectivity index (χ2v) is 3.76. The van der Waals surface area contributed by atoms with Crippen LogP contribution in [-0.2, 0) is 0 Å². The van der Waals surface area contributed by atoms with Crippen LogP contribution in [0.4, 0.5) is 0 Å². The summed E-state index contributed by atoms with van der Waals surface area (Å²) < 4.78 is 0.724. The number of hydrogen-bond acceptors (Lipinski definition) is 5. The summed E-state index contributed by atoms with van der Waals surface area (Å²) in [5, 5.41) is 19.0. The number of rotatable bonds is 4. The molecule has 0 amide bonds. The molecule has 0 saturated carbocycles. The highest BCUT2D eigenvalue weighted by atomic mass is 79.9. The van der Waals surface area contributed by atoms with Crippen LogP contribution in [0.15, 0.2) is 16.9 Å². The lowest BCUT2D eigenvalue weighted by Crippen LogP contribution is -2.23. The summed E-state index contributed by atoms with van der Waals surface area (Å²) >= 11 is 3.17. The van der Waals surface area contributed by atoms with Gasteiger partial charge in [0.25, 0.3) is 0 Å². The first-order chi connectivity index (χ1) is 6.65. The third-order valence-corrected chi connectivity index (χ3v) is 2.14. The number of halogens is 1. The van der Waals surface area contributed by atoms with Gasteiger partial charge in [-0.05, 0) is 28.9 Å². The maximum absolute atomic E-state index is 9.57. The minimum absolute atomic E-state index is 0.203. The Morgan fingerprint density at radius 1 is 1.36 bits per heavy atom. The van der Waals surface area contributed by atoms with Gasteiger partial charge in [-0.25, -0.2) is 9.97 Å². The fourth-order valence-corrected chi connectivity index (χ4v) is 1.18. The fourth-order valence-electron chi connectivity index (χ4n) is 0.976. The normalized spacial score (nSPS) is 15.1. The molecular weight excluding hydrogens is 250 g/mol. The number of aliphatic hydroxyl groups is 2. The molecule has 0 bridgehead atoms. The van der Waals surface area contributed by atoms with Gasteiger partial charge in [-0.1, -0.05) is 0 Å². The van der Waals surface area contributed by atoms with Gasteiger partial charge in [0, 0.05) is 12.4 Å². The van der Waals surface area contributed by atoms with Gasteiger partial charge < -0.3 is 15.9 Å². The maximum atomic E-state index is 9.57. The summed E-state index contributed by atoms with van der Waals surface area (Å²) in [5.74, 6) is 0.203. The standard InChI is InChI=1S/C8H12BrN3O2/c9-5-3-11-8(12-4-5)7(14)6(13)1-2-10/h3-4,6-7,13-14H,1-2,10H2. The molecule has 5 nitrogen and oxygen atoms in total. The largest absolute Gasteiger partial charge is 0.390 e. The number of aliphatic hydroxyl groups excluding tert-OH is 2. The number of hydrogen-bond donors (Lipinski definition) is 3. The zero-order chi connectivity index (χ0) is 10.6. The van der Waals surface area contributed by atoms with Crippen LogP contribution in [0, 0.1) is 0 Å². The Morgan fingerprint density at radius 2 is 1.93 bits per heavy atom. The Kier molecular flexibility index (Phi) is 4.40. The van der Waals surface area contributed by atoms with Crippen LogP contribution in [0.1, 0.15) is 18.3 Å². The lowest BCUT2D eigenvalue weighted by Gasteiger charge is -2.15. The lowest BCUT2D eigenvalue weighted by molar-refractivity contribution is 0.00971. The van der Waals surface area contributed by atoms with Crippen LogP contribution in [0.3, 0.4) is 0 Å². The molecule has 1 aromatic rings. The molecule has 0 aliphatic heterocycles. The van der Waals surface area contributed by atoms with Crippen molar-refractivity contribution in [2.45, 2.75) is 18.6 Å². The zero-order valence-corrected chi connectivity index (χ0v) is 9.05. The van der Waals surface area contributed by atoms with Crippen LogP contribution >= 0.6 is 15.9 Å². The van der Waals surface area contributed by atoms with Crippen molar-refractivity contribution >= 4 is 15.9 Å². The Hall–Kier alpha value is -0.560. The molecule has 0 aliphatic rings. The van der Waals surface area contributed by atoms with E-state index in [1.807, 2.05) is 0 Å². The monoisotopic (exact) mass is 261 g/mol. The third-order valence-electron chi connectivity index (χ3n) is 1.73. The molecule has 4 N–H and O–H groups in total. The SMILES string of the molecule is NCCC(O)C(O)c1ncc(Br)cn1. The van der Waals surface area contributed by atoms with Gasteiger partial charge in [0.2, 0.25) is 0 Å². The van der Waals surface area contributed by atoms with E-state index in [1.54, 1.807) is 0 Å². The molecule has 78 valence electrons. The highest BCUT2D eigenvalue weighted by Gasteiger charge is 2.19. The highest BCUT2D eigenvalue weighted by Crippen LogP contribution is 2.15. The molecule has 0 aliphatic carbocycles. The molecule has 2 unspecified atom stereocenters. The molecular formula is C8H12BrN3O2. The smallest absolute Gasteiger partial charge is 0.159 e. The van der Waals surface area contributed by atoms with E-state index in [-0.39, 0.29) is 5.82 Å². The molecule has 2 atom stereocenters. The molecule has 0 fully saturated rings. The van der Waals surface area contributed by atoms with Gasteiger partial charge in [0.1, 0.15) is 6.10 Å². The third kappa shape index (κ3) is 2.98. The first-order valence-corrected chi connectivity index (χ1v) is 4.98. The van der Waals surface area contributed by atoms with Crippen LogP contribution in [0.25, 0.3) is 0 Å². The van der Waals surface area contributed by atoms with E-state index in [2.05, 4.69) is 25.9 Å². The zero-order valence-electron chi connectivity index (χ0n) is 7.47. The second-order valence-electron chi connectivity index (χ2n) is 2.85. The van der Waals surface area contributed by atoms with Crippen molar-refractivity contribution in [2.24, 2.45) is 5.73 Å². The summed E-state index contributed by atoms with van der Waals surface area (Å²) in [6, 6.07) is 0. The molecule has 0 radical (unpaired) electrons. The van der Waals surface area contributed by atoms with E-state index in [0.29, 0.717) is 13.0 Å². The number of nitrogens with zero attached hydrogens (tertiary/aromatic N) is 2. The topological polar surface area (TPSA) is 92.3 Å². The van der Waals surface area contributed by atoms with Gasteiger partial charge in [-0.3, -0.25) is 0 Å². The second kappa shape index (κ2) is 5.35. The minimum atomic E-state index is -1.08. The first kappa shape index (κ1) is 11.5. The summed E-state index contributed by atoms with van der Waals surface area (Å²) in [6.45, 7) is 0.314. The predicted octanol–water partition coefficient (Wildman–Crippen LogP) is -0.0178. The molecule has 14 heavy (non-hydrogen) atoms. The molecule has 1 aromatic heterocycles. The summed E-state index contributed by atoms with van der Waals surface area (Å²) in [5.41, 5.74) is 5.25. The Labute approximate surface area is 90.1 Å². The Balaban J connectivity index is 2.68. The summed E-state index contributed by atoms with van der Waals surface area (Å²) in [7, 11) is 0. The van der Waals surface area contributed by atoms with Crippen molar-refractivity contribution in [1.29, 1.82) is 0 Å². The van der Waals surface area contributed by atoms with E-state index in [9.17, 15) is 10.2 Å². The Bertz CT molecular complexity index is 280. The molecule has 0 spiro atoms. The molecule has 1 rings (SSSR count). The fraction of sp³-hybridized carbons (Fsp3) is 0.500. The van der Waals surface area contributed by atoms with Gasteiger partial charge in [0.15, 0.2) is 5.82 Å². The minimum Gasteiger partial charge on any atom is -0.390 e. The average Bonchev–Trinajstić information content (AvgIpc) is 2.18. The first-order valence-electron chi connectivity index (χ1n) is 4.18. The van der Waals surface area contributed by atoms with E-state index in [4.69, 9.17) is 5.73 Å². The van der Waals surface area contributed by atoms with Crippen molar-refractivity contribution in [2.75, 3.05) is 6.54 Å². The molecule has 6 heteroatoms. The van der Waals surface area contributed by atoms with Crippen molar-refractivity contribution in [3.05, 3.63) is 22.7 Å². The van der Waals surface area contributed by atoms with Crippen LogP contribution in [0.2, 0.25) is 0 Å². The van der Waals surface area contributed by atoms with Gasteiger partial charge >= 0.3 is 0 Å². The molecule has 0 aromatic carbocycles. The van der Waals surface area contributed by atoms with Crippen molar-refractivity contribution in [1.82, 2.24) is 9.97 Å². The van der Waals surface area contributed by atoms with Crippen LogP contribution < -0.4 is 5.73 Å². The van der Waals surface area contributed by atoms with Crippen molar-refractivity contribution in [3.8, 4) is 0 Å². The average molecular weight is 262 g/mol. The van der Waals surface area contributed by atoms with Crippen LogP contribution in [0.5, 0.6) is 0 Å². The number of nitrogens with two attached hydrogens (primary N) is 1. The predicted molar refractivity (Wildman–Crippen MR) is 54.4 cm³/mol. The molecule has 0 saturated heterocycles. The van der Waals surface area contributed by atoms with Gasteiger partial charge in [-0.2, -0.15) is 0 Å². The van der Waals surface area contributed by atoms with Crippen molar-refractivity contribution in [3.63, 3.8) is 0 Å². The maximum Gasteiger partial charge on any atom is 0.159 e. The van der Waals surface area contributed by atoms with E-state index in [0.717, 1.165) is 4.47 Å². The summed E-state index contributed by atoms with van der Waals surface area (Å²) in [6.07, 6.45) is 1.36.